The molecular weight excluding hydrogens is 230 g/mol. The molecule has 5 nitrogen and oxygen atoms in total. The van der Waals surface area contributed by atoms with Crippen LogP contribution in [0.1, 0.15) is 31.3 Å². The van der Waals surface area contributed by atoms with Crippen LogP contribution in [0.25, 0.3) is 0 Å². The molecule has 0 bridgehead atoms. The van der Waals surface area contributed by atoms with Crippen molar-refractivity contribution in [2.75, 3.05) is 18.9 Å². The number of anilines is 1. The third-order valence-corrected chi connectivity index (χ3v) is 2.88. The summed E-state index contributed by atoms with van der Waals surface area (Å²) in [6, 6.07) is 1.68. The zero-order chi connectivity index (χ0) is 13.7. The Morgan fingerprint density at radius 3 is 2.67 bits per heavy atom. The van der Waals surface area contributed by atoms with Crippen molar-refractivity contribution < 1.29 is 9.53 Å². The molecule has 1 heterocycles. The summed E-state index contributed by atoms with van der Waals surface area (Å²) >= 11 is 0. The SMILES string of the molecule is CCOCC(NC(=O)c1cc(N)cn1C)C(C)C. The lowest BCUT2D eigenvalue weighted by Gasteiger charge is -2.22. The highest BCUT2D eigenvalue weighted by Crippen LogP contribution is 2.10. The van der Waals surface area contributed by atoms with Gasteiger partial charge in [-0.2, -0.15) is 0 Å². The van der Waals surface area contributed by atoms with Crippen molar-refractivity contribution in [2.45, 2.75) is 26.8 Å². The van der Waals surface area contributed by atoms with Crippen LogP contribution in [-0.2, 0) is 11.8 Å². The highest BCUT2D eigenvalue weighted by molar-refractivity contribution is 5.94. The quantitative estimate of drug-likeness (QED) is 0.805. The highest BCUT2D eigenvalue weighted by Gasteiger charge is 2.19. The van der Waals surface area contributed by atoms with E-state index in [4.69, 9.17) is 10.5 Å². The number of amides is 1. The minimum absolute atomic E-state index is 0.00794. The first kappa shape index (κ1) is 14.6. The minimum Gasteiger partial charge on any atom is -0.397 e. The third-order valence-electron chi connectivity index (χ3n) is 2.88. The number of nitrogens with zero attached hydrogens (tertiary/aromatic N) is 1. The van der Waals surface area contributed by atoms with Crippen molar-refractivity contribution in [1.82, 2.24) is 9.88 Å². The molecule has 0 saturated heterocycles. The van der Waals surface area contributed by atoms with Gasteiger partial charge in [0.1, 0.15) is 5.69 Å². The lowest BCUT2D eigenvalue weighted by atomic mass is 10.1. The molecule has 0 aliphatic carbocycles. The molecule has 0 radical (unpaired) electrons. The van der Waals surface area contributed by atoms with E-state index in [0.29, 0.717) is 30.5 Å². The molecule has 1 aromatic rings. The fourth-order valence-electron chi connectivity index (χ4n) is 1.70. The highest BCUT2D eigenvalue weighted by atomic mass is 16.5. The van der Waals surface area contributed by atoms with E-state index >= 15 is 0 Å². The molecule has 18 heavy (non-hydrogen) atoms. The Labute approximate surface area is 108 Å². The van der Waals surface area contributed by atoms with E-state index in [2.05, 4.69) is 19.2 Å². The predicted molar refractivity (Wildman–Crippen MR) is 72.4 cm³/mol. The van der Waals surface area contributed by atoms with Crippen LogP contribution in [0.4, 0.5) is 5.69 Å². The summed E-state index contributed by atoms with van der Waals surface area (Å²) in [5, 5.41) is 2.98. The molecule has 0 saturated carbocycles. The van der Waals surface area contributed by atoms with Crippen LogP contribution in [0.5, 0.6) is 0 Å². The fraction of sp³-hybridized carbons (Fsp3) is 0.615. The van der Waals surface area contributed by atoms with Crippen LogP contribution in [0.3, 0.4) is 0 Å². The number of aromatic nitrogens is 1. The average molecular weight is 253 g/mol. The van der Waals surface area contributed by atoms with Crippen LogP contribution in [-0.4, -0.2) is 29.7 Å². The smallest absolute Gasteiger partial charge is 0.268 e. The summed E-state index contributed by atoms with van der Waals surface area (Å²) in [6.07, 6.45) is 1.72. The number of hydrogen-bond acceptors (Lipinski definition) is 3. The lowest BCUT2D eigenvalue weighted by Crippen LogP contribution is -2.42. The maximum atomic E-state index is 12.1. The zero-order valence-corrected chi connectivity index (χ0v) is 11.6. The molecule has 0 aliphatic heterocycles. The number of nitrogens with two attached hydrogens (primary N) is 1. The number of ether oxygens (including phenoxy) is 1. The van der Waals surface area contributed by atoms with Gasteiger partial charge in [0.15, 0.2) is 0 Å². The Kier molecular flexibility index (Phi) is 5.22. The van der Waals surface area contributed by atoms with Gasteiger partial charge in [0.05, 0.1) is 18.3 Å². The average Bonchev–Trinajstić information content (AvgIpc) is 2.63. The molecule has 3 N–H and O–H groups in total. The van der Waals surface area contributed by atoms with Gasteiger partial charge in [-0.25, -0.2) is 0 Å². The largest absolute Gasteiger partial charge is 0.397 e. The summed E-state index contributed by atoms with van der Waals surface area (Å²) in [7, 11) is 1.80. The molecule has 1 amide bonds. The molecule has 0 spiro atoms. The van der Waals surface area contributed by atoms with E-state index in [1.54, 1.807) is 23.9 Å². The van der Waals surface area contributed by atoms with Crippen molar-refractivity contribution in [1.29, 1.82) is 0 Å². The number of nitrogen functional groups attached to an aromatic ring is 1. The second kappa shape index (κ2) is 6.44. The maximum Gasteiger partial charge on any atom is 0.268 e. The molecule has 1 rings (SSSR count). The molecular formula is C13H23N3O2. The summed E-state index contributed by atoms with van der Waals surface area (Å²) in [4.78, 5) is 12.1. The first-order chi connectivity index (χ1) is 8.45. The van der Waals surface area contributed by atoms with Gasteiger partial charge in [0.2, 0.25) is 0 Å². The number of rotatable bonds is 6. The van der Waals surface area contributed by atoms with Gasteiger partial charge >= 0.3 is 0 Å². The van der Waals surface area contributed by atoms with Gasteiger partial charge in [-0.05, 0) is 18.9 Å². The van der Waals surface area contributed by atoms with Gasteiger partial charge in [0, 0.05) is 19.9 Å². The Balaban J connectivity index is 2.69. The van der Waals surface area contributed by atoms with E-state index in [1.807, 2.05) is 6.92 Å². The molecule has 0 fully saturated rings. The number of hydrogen-bond donors (Lipinski definition) is 2. The summed E-state index contributed by atoms with van der Waals surface area (Å²) in [5.74, 6) is 0.200. The first-order valence-electron chi connectivity index (χ1n) is 6.26. The van der Waals surface area contributed by atoms with E-state index in [9.17, 15) is 4.79 Å². The maximum absolute atomic E-state index is 12.1. The molecule has 1 unspecified atom stereocenters. The monoisotopic (exact) mass is 253 g/mol. The van der Waals surface area contributed by atoms with Gasteiger partial charge in [-0.3, -0.25) is 4.79 Å². The van der Waals surface area contributed by atoms with E-state index < -0.39 is 0 Å². The van der Waals surface area contributed by atoms with Gasteiger partial charge in [0.25, 0.3) is 5.91 Å². The molecule has 0 aliphatic rings. The van der Waals surface area contributed by atoms with E-state index in [1.165, 1.54) is 0 Å². The van der Waals surface area contributed by atoms with Crippen LogP contribution < -0.4 is 11.1 Å². The standard InChI is InChI=1S/C13H23N3O2/c1-5-18-8-11(9(2)3)15-13(17)12-6-10(14)7-16(12)4/h6-7,9,11H,5,8,14H2,1-4H3,(H,15,17). The number of aryl methyl sites for hydroxylation is 1. The number of carbonyl (C=O) groups is 1. The fourth-order valence-corrected chi connectivity index (χ4v) is 1.70. The molecule has 1 atom stereocenters. The Morgan fingerprint density at radius 1 is 1.56 bits per heavy atom. The summed E-state index contributed by atoms with van der Waals surface area (Å²) in [6.45, 7) is 7.24. The minimum atomic E-state index is -0.118. The van der Waals surface area contributed by atoms with Gasteiger partial charge < -0.3 is 20.4 Å². The van der Waals surface area contributed by atoms with Crippen LogP contribution in [0, 0.1) is 5.92 Å². The van der Waals surface area contributed by atoms with Crippen molar-refractivity contribution in [3.8, 4) is 0 Å². The normalized spacial score (nSPS) is 12.7. The molecule has 5 heteroatoms. The summed E-state index contributed by atoms with van der Waals surface area (Å²) < 4.78 is 7.11. The zero-order valence-electron chi connectivity index (χ0n) is 11.6. The van der Waals surface area contributed by atoms with Crippen LogP contribution in [0.2, 0.25) is 0 Å². The topological polar surface area (TPSA) is 69.3 Å². The second-order valence-electron chi connectivity index (χ2n) is 4.75. The van der Waals surface area contributed by atoms with E-state index in [0.717, 1.165) is 0 Å². The predicted octanol–water partition coefficient (Wildman–Crippen LogP) is 1.40. The van der Waals surface area contributed by atoms with Gasteiger partial charge in [-0.1, -0.05) is 13.8 Å². The third kappa shape index (κ3) is 3.77. The van der Waals surface area contributed by atoms with Crippen LogP contribution in [0.15, 0.2) is 12.3 Å². The number of nitrogens with one attached hydrogen (secondary N) is 1. The van der Waals surface area contributed by atoms with E-state index in [-0.39, 0.29) is 11.9 Å². The lowest BCUT2D eigenvalue weighted by molar-refractivity contribution is 0.0799. The molecule has 1 aromatic heterocycles. The van der Waals surface area contributed by atoms with Crippen molar-refractivity contribution in [2.24, 2.45) is 13.0 Å². The van der Waals surface area contributed by atoms with Crippen LogP contribution >= 0.6 is 0 Å². The van der Waals surface area contributed by atoms with Crippen molar-refractivity contribution in [3.05, 3.63) is 18.0 Å². The Bertz CT molecular complexity index is 399. The summed E-state index contributed by atoms with van der Waals surface area (Å²) in [5.41, 5.74) is 6.82. The number of carbonyl (C=O) groups excluding carboxylic acids is 1. The second-order valence-corrected chi connectivity index (χ2v) is 4.75. The molecule has 0 aromatic carbocycles. The Hall–Kier alpha value is -1.49. The van der Waals surface area contributed by atoms with Gasteiger partial charge in [-0.15, -0.1) is 0 Å². The molecule has 102 valence electrons. The van der Waals surface area contributed by atoms with Crippen molar-refractivity contribution >= 4 is 11.6 Å². The Morgan fingerprint density at radius 2 is 2.22 bits per heavy atom. The first-order valence-corrected chi connectivity index (χ1v) is 6.26. The van der Waals surface area contributed by atoms with Crippen molar-refractivity contribution in [3.63, 3.8) is 0 Å².